The van der Waals surface area contributed by atoms with Crippen LogP contribution in [0.5, 0.6) is 0 Å². The van der Waals surface area contributed by atoms with Crippen LogP contribution in [0.3, 0.4) is 0 Å². The van der Waals surface area contributed by atoms with E-state index in [1.165, 1.54) is 6.08 Å². The van der Waals surface area contributed by atoms with Crippen molar-refractivity contribution >= 4 is 28.0 Å². The molecule has 0 heterocycles. The van der Waals surface area contributed by atoms with E-state index in [2.05, 4.69) is 15.9 Å². The molecule has 0 amide bonds. The number of aliphatic carboxylic acids is 1. The van der Waals surface area contributed by atoms with Crippen LogP contribution in [-0.2, 0) is 10.1 Å². The van der Waals surface area contributed by atoms with Crippen molar-refractivity contribution in [1.29, 1.82) is 5.26 Å². The fourth-order valence-electron chi connectivity index (χ4n) is 1.10. The van der Waals surface area contributed by atoms with E-state index >= 15 is 0 Å². The number of nitrogens with zero attached hydrogens (tertiary/aromatic N) is 1. The minimum absolute atomic E-state index is 0.518. The minimum atomic E-state index is -1.00. The molecule has 76 valence electrons. The molecule has 0 saturated carbocycles. The third kappa shape index (κ3) is 3.22. The predicted octanol–water partition coefficient (Wildman–Crippen LogP) is 2.55. The van der Waals surface area contributed by atoms with Crippen LogP contribution in [0, 0.1) is 11.3 Å². The number of alkyl halides is 1. The van der Waals surface area contributed by atoms with Gasteiger partial charge in [0.1, 0.15) is 0 Å². The van der Waals surface area contributed by atoms with Gasteiger partial charge in [-0.2, -0.15) is 5.26 Å². The molecular formula is C11H8BrNO2. The molecule has 3 nitrogen and oxygen atoms in total. The lowest BCUT2D eigenvalue weighted by molar-refractivity contribution is -0.131. The van der Waals surface area contributed by atoms with Crippen molar-refractivity contribution in [1.82, 2.24) is 0 Å². The molecule has 0 fully saturated rings. The Balaban J connectivity index is 3.13. The molecule has 15 heavy (non-hydrogen) atoms. The Labute approximate surface area is 95.8 Å². The van der Waals surface area contributed by atoms with Crippen molar-refractivity contribution in [2.24, 2.45) is 0 Å². The van der Waals surface area contributed by atoms with Crippen LogP contribution in [0.2, 0.25) is 0 Å². The number of halogens is 1. The van der Waals surface area contributed by atoms with E-state index in [9.17, 15) is 4.79 Å². The van der Waals surface area contributed by atoms with E-state index in [1.54, 1.807) is 18.2 Å². The van der Waals surface area contributed by atoms with Crippen LogP contribution >= 0.6 is 15.9 Å². The van der Waals surface area contributed by atoms with Crippen LogP contribution in [0.4, 0.5) is 0 Å². The molecule has 1 aromatic rings. The standard InChI is InChI=1S/C11H8BrNO2/c12-6-10-2-1-8(7-13)5-9(10)3-4-11(14)15/h1-5H,6H2,(H,14,15)/b4-3+. The third-order valence-corrected chi connectivity index (χ3v) is 2.43. The molecule has 0 aromatic heterocycles. The molecule has 0 bridgehead atoms. The number of benzene rings is 1. The van der Waals surface area contributed by atoms with E-state index in [0.717, 1.165) is 17.2 Å². The molecule has 0 aliphatic rings. The van der Waals surface area contributed by atoms with Gasteiger partial charge in [-0.15, -0.1) is 0 Å². The smallest absolute Gasteiger partial charge is 0.328 e. The van der Waals surface area contributed by atoms with Crippen molar-refractivity contribution in [2.45, 2.75) is 5.33 Å². The maximum atomic E-state index is 10.4. The fourth-order valence-corrected chi connectivity index (χ4v) is 1.61. The first-order valence-electron chi connectivity index (χ1n) is 4.17. The second-order valence-corrected chi connectivity index (χ2v) is 3.39. The summed E-state index contributed by atoms with van der Waals surface area (Å²) in [6.07, 6.45) is 2.54. The van der Waals surface area contributed by atoms with Crippen molar-refractivity contribution < 1.29 is 9.90 Å². The fraction of sp³-hybridized carbons (Fsp3) is 0.0909. The molecule has 1 aromatic carbocycles. The Bertz CT molecular complexity index is 446. The molecular weight excluding hydrogens is 258 g/mol. The molecule has 1 N–H and O–H groups in total. The van der Waals surface area contributed by atoms with Gasteiger partial charge in [-0.05, 0) is 29.3 Å². The van der Waals surface area contributed by atoms with E-state index in [-0.39, 0.29) is 0 Å². The zero-order chi connectivity index (χ0) is 11.3. The highest BCUT2D eigenvalue weighted by Gasteiger charge is 2.00. The zero-order valence-electron chi connectivity index (χ0n) is 7.77. The highest BCUT2D eigenvalue weighted by atomic mass is 79.9. The van der Waals surface area contributed by atoms with E-state index in [1.807, 2.05) is 6.07 Å². The normalized spacial score (nSPS) is 10.1. The number of carboxylic acids is 1. The molecule has 0 saturated heterocycles. The number of hydrogen-bond acceptors (Lipinski definition) is 2. The SMILES string of the molecule is N#Cc1ccc(CBr)c(/C=C/C(=O)O)c1. The predicted molar refractivity (Wildman–Crippen MR) is 60.5 cm³/mol. The highest BCUT2D eigenvalue weighted by Crippen LogP contribution is 2.16. The molecule has 0 atom stereocenters. The summed E-state index contributed by atoms with van der Waals surface area (Å²) in [5, 5.41) is 17.8. The van der Waals surface area contributed by atoms with Crippen LogP contribution in [0.25, 0.3) is 6.08 Å². The second kappa shape index (κ2) is 5.32. The average molecular weight is 266 g/mol. The molecule has 4 heteroatoms. The van der Waals surface area contributed by atoms with Gasteiger partial charge in [-0.25, -0.2) is 4.79 Å². The molecule has 0 aliphatic carbocycles. The van der Waals surface area contributed by atoms with Gasteiger partial charge in [0.25, 0.3) is 0 Å². The first-order chi connectivity index (χ1) is 7.17. The van der Waals surface area contributed by atoms with Crippen molar-refractivity contribution in [3.05, 3.63) is 41.0 Å². The Morgan fingerprint density at radius 2 is 2.33 bits per heavy atom. The summed E-state index contributed by atoms with van der Waals surface area (Å²) < 4.78 is 0. The van der Waals surface area contributed by atoms with Gasteiger partial charge in [0.2, 0.25) is 0 Å². The maximum absolute atomic E-state index is 10.4. The van der Waals surface area contributed by atoms with E-state index < -0.39 is 5.97 Å². The topological polar surface area (TPSA) is 61.1 Å². The van der Waals surface area contributed by atoms with Crippen LogP contribution in [-0.4, -0.2) is 11.1 Å². The molecule has 1 rings (SSSR count). The summed E-state index contributed by atoms with van der Waals surface area (Å²) in [7, 11) is 0. The number of carbonyl (C=O) groups is 1. The van der Waals surface area contributed by atoms with Crippen molar-refractivity contribution in [2.75, 3.05) is 0 Å². The monoisotopic (exact) mass is 265 g/mol. The lowest BCUT2D eigenvalue weighted by Crippen LogP contribution is -1.89. The summed E-state index contributed by atoms with van der Waals surface area (Å²) in [4.78, 5) is 10.4. The highest BCUT2D eigenvalue weighted by molar-refractivity contribution is 9.08. The van der Waals surface area contributed by atoms with Crippen molar-refractivity contribution in [3.63, 3.8) is 0 Å². The number of rotatable bonds is 3. The Kier molecular flexibility index (Phi) is 4.07. The largest absolute Gasteiger partial charge is 0.478 e. The van der Waals surface area contributed by atoms with E-state index in [4.69, 9.17) is 10.4 Å². The second-order valence-electron chi connectivity index (χ2n) is 2.83. The van der Waals surface area contributed by atoms with Gasteiger partial charge in [0.15, 0.2) is 0 Å². The van der Waals surface area contributed by atoms with Crippen LogP contribution in [0.15, 0.2) is 24.3 Å². The summed E-state index contributed by atoms with van der Waals surface area (Å²) in [5.41, 5.74) is 2.21. The summed E-state index contributed by atoms with van der Waals surface area (Å²) >= 11 is 3.30. The molecule has 0 unspecified atom stereocenters. The third-order valence-electron chi connectivity index (χ3n) is 1.82. The van der Waals surface area contributed by atoms with Gasteiger partial charge in [0.05, 0.1) is 11.6 Å². The molecule has 0 spiro atoms. The lowest BCUT2D eigenvalue weighted by Gasteiger charge is -2.01. The number of carboxylic acid groups (broad SMARTS) is 1. The van der Waals surface area contributed by atoms with Gasteiger partial charge in [-0.1, -0.05) is 22.0 Å². The summed E-state index contributed by atoms with van der Waals surface area (Å²) in [6, 6.07) is 7.18. The van der Waals surface area contributed by atoms with E-state index in [0.29, 0.717) is 10.9 Å². The Hall–Kier alpha value is -1.60. The van der Waals surface area contributed by atoms with Crippen molar-refractivity contribution in [3.8, 4) is 6.07 Å². The summed E-state index contributed by atoms with van der Waals surface area (Å²) in [5.74, 6) is -1.00. The molecule has 0 radical (unpaired) electrons. The van der Waals surface area contributed by atoms with Crippen LogP contribution in [0.1, 0.15) is 16.7 Å². The number of hydrogen-bond donors (Lipinski definition) is 1. The summed E-state index contributed by atoms with van der Waals surface area (Å²) in [6.45, 7) is 0. The van der Waals surface area contributed by atoms with Gasteiger partial charge < -0.3 is 5.11 Å². The van der Waals surface area contributed by atoms with Gasteiger partial charge in [0, 0.05) is 11.4 Å². The quantitative estimate of drug-likeness (QED) is 0.675. The maximum Gasteiger partial charge on any atom is 0.328 e. The Morgan fingerprint density at radius 3 is 2.87 bits per heavy atom. The average Bonchev–Trinajstić information content (AvgIpc) is 2.25. The lowest BCUT2D eigenvalue weighted by atomic mass is 10.1. The minimum Gasteiger partial charge on any atom is -0.478 e. The van der Waals surface area contributed by atoms with Gasteiger partial charge >= 0.3 is 5.97 Å². The Morgan fingerprint density at radius 1 is 1.60 bits per heavy atom. The first-order valence-corrected chi connectivity index (χ1v) is 5.29. The number of nitriles is 1. The van der Waals surface area contributed by atoms with Gasteiger partial charge in [-0.3, -0.25) is 0 Å². The first kappa shape index (κ1) is 11.5. The molecule has 0 aliphatic heterocycles. The van der Waals surface area contributed by atoms with Crippen LogP contribution < -0.4 is 0 Å². The zero-order valence-corrected chi connectivity index (χ0v) is 9.36.